The number of aromatic hydroxyl groups is 1. The van der Waals surface area contributed by atoms with Crippen LogP contribution in [0.3, 0.4) is 0 Å². The van der Waals surface area contributed by atoms with Gasteiger partial charge in [-0.3, -0.25) is 0 Å². The van der Waals surface area contributed by atoms with E-state index in [1.807, 2.05) is 60.3 Å². The summed E-state index contributed by atoms with van der Waals surface area (Å²) in [5, 5.41) is 12.7. The van der Waals surface area contributed by atoms with Gasteiger partial charge in [0.15, 0.2) is 0 Å². The van der Waals surface area contributed by atoms with E-state index in [1.54, 1.807) is 6.07 Å². The Labute approximate surface area is 196 Å². The van der Waals surface area contributed by atoms with Crippen LogP contribution >= 0.6 is 0 Å². The van der Waals surface area contributed by atoms with Crippen molar-refractivity contribution in [1.82, 2.24) is 14.5 Å². The third kappa shape index (κ3) is 2.73. The van der Waals surface area contributed by atoms with Crippen molar-refractivity contribution in [3.8, 4) is 39.8 Å². The van der Waals surface area contributed by atoms with Crippen molar-refractivity contribution in [3.63, 3.8) is 0 Å². The maximum absolute atomic E-state index is 10.6. The third-order valence-corrected chi connectivity index (χ3v) is 6.79. The molecule has 5 heteroatoms. The number of imidazole rings is 1. The molecule has 1 aliphatic carbocycles. The Hall–Kier alpha value is -4.38. The zero-order chi connectivity index (χ0) is 22.8. The fourth-order valence-electron chi connectivity index (χ4n) is 5.19. The summed E-state index contributed by atoms with van der Waals surface area (Å²) in [4.78, 5) is 9.99. The molecule has 0 amide bonds. The van der Waals surface area contributed by atoms with E-state index in [-0.39, 0.29) is 5.75 Å². The highest BCUT2D eigenvalue weighted by Gasteiger charge is 2.22. The van der Waals surface area contributed by atoms with Crippen molar-refractivity contribution >= 4 is 21.9 Å². The number of nitrogens with zero attached hydrogens (tertiary/aromatic N) is 3. The summed E-state index contributed by atoms with van der Waals surface area (Å²) >= 11 is 0. The van der Waals surface area contributed by atoms with Gasteiger partial charge in [-0.25, -0.2) is 9.97 Å². The number of fused-ring (bicyclic) bond motifs is 6. The van der Waals surface area contributed by atoms with Crippen LogP contribution in [-0.4, -0.2) is 19.6 Å². The summed E-state index contributed by atoms with van der Waals surface area (Å²) in [7, 11) is 2.01. The normalized spacial score (nSPS) is 12.7. The lowest BCUT2D eigenvalue weighted by Crippen LogP contribution is -2.06. The number of phenols is 1. The number of para-hydroxylation sites is 1. The molecule has 1 aliphatic rings. The summed E-state index contributed by atoms with van der Waals surface area (Å²) < 4.78 is 8.12. The van der Waals surface area contributed by atoms with E-state index in [0.29, 0.717) is 0 Å². The zero-order valence-corrected chi connectivity index (χ0v) is 18.6. The van der Waals surface area contributed by atoms with Crippen LogP contribution in [0.2, 0.25) is 0 Å². The standard InChI is InChI=1S/C29H21N3O2/c1-32-16-22(21-15-14-18-13-12-17-6-4-9-23(33)26(17)28(18)30-21)31-29(32)20-8-5-11-25-27(20)19-7-2-3-10-24(19)34-25/h2-11,14-16,33H,12-13H2,1H3. The second-order valence-electron chi connectivity index (χ2n) is 8.85. The van der Waals surface area contributed by atoms with Crippen LogP contribution in [0.4, 0.5) is 0 Å². The minimum absolute atomic E-state index is 0.281. The number of hydrogen-bond donors (Lipinski definition) is 1. The molecule has 0 spiro atoms. The van der Waals surface area contributed by atoms with Crippen molar-refractivity contribution in [3.05, 3.63) is 90.1 Å². The topological polar surface area (TPSA) is 64.1 Å². The van der Waals surface area contributed by atoms with Crippen LogP contribution in [0.5, 0.6) is 5.75 Å². The van der Waals surface area contributed by atoms with Gasteiger partial charge >= 0.3 is 0 Å². The molecule has 0 saturated carbocycles. The molecule has 0 radical (unpaired) electrons. The summed E-state index contributed by atoms with van der Waals surface area (Å²) in [6.07, 6.45) is 3.84. The largest absolute Gasteiger partial charge is 0.507 e. The van der Waals surface area contributed by atoms with E-state index < -0.39 is 0 Å². The summed E-state index contributed by atoms with van der Waals surface area (Å²) in [5.74, 6) is 1.14. The summed E-state index contributed by atoms with van der Waals surface area (Å²) in [5.41, 5.74) is 8.33. The zero-order valence-electron chi connectivity index (χ0n) is 18.6. The molecule has 5 nitrogen and oxygen atoms in total. The molecule has 6 aromatic rings. The maximum atomic E-state index is 10.6. The van der Waals surface area contributed by atoms with Gasteiger partial charge in [-0.15, -0.1) is 0 Å². The Morgan fingerprint density at radius 2 is 1.62 bits per heavy atom. The number of pyridine rings is 1. The molecule has 3 aromatic heterocycles. The van der Waals surface area contributed by atoms with Crippen LogP contribution in [0, 0.1) is 0 Å². The first kappa shape index (κ1) is 19.1. The number of hydrogen-bond acceptors (Lipinski definition) is 4. The minimum Gasteiger partial charge on any atom is -0.507 e. The van der Waals surface area contributed by atoms with Gasteiger partial charge in [-0.05, 0) is 48.2 Å². The average molecular weight is 444 g/mol. The first-order valence-corrected chi connectivity index (χ1v) is 11.4. The highest BCUT2D eigenvalue weighted by atomic mass is 16.3. The molecule has 0 atom stereocenters. The number of rotatable bonds is 2. The van der Waals surface area contributed by atoms with Gasteiger partial charge in [0, 0.05) is 35.1 Å². The van der Waals surface area contributed by atoms with Crippen LogP contribution in [0.1, 0.15) is 11.1 Å². The fourth-order valence-corrected chi connectivity index (χ4v) is 5.19. The van der Waals surface area contributed by atoms with E-state index in [9.17, 15) is 5.11 Å². The van der Waals surface area contributed by atoms with Crippen molar-refractivity contribution in [2.45, 2.75) is 12.8 Å². The van der Waals surface area contributed by atoms with Crippen molar-refractivity contribution in [1.29, 1.82) is 0 Å². The lowest BCUT2D eigenvalue weighted by molar-refractivity contribution is 0.476. The van der Waals surface area contributed by atoms with Gasteiger partial charge in [-0.1, -0.05) is 48.5 Å². The lowest BCUT2D eigenvalue weighted by Gasteiger charge is -2.20. The number of furan rings is 1. The van der Waals surface area contributed by atoms with Crippen LogP contribution in [0.15, 0.2) is 83.4 Å². The second-order valence-corrected chi connectivity index (χ2v) is 8.85. The molecule has 164 valence electrons. The van der Waals surface area contributed by atoms with Gasteiger partial charge < -0.3 is 14.1 Å². The van der Waals surface area contributed by atoms with Gasteiger partial charge in [0.05, 0.1) is 11.4 Å². The molecule has 0 aliphatic heterocycles. The molecule has 1 N–H and O–H groups in total. The Morgan fingerprint density at radius 3 is 2.56 bits per heavy atom. The van der Waals surface area contributed by atoms with Crippen LogP contribution in [-0.2, 0) is 19.9 Å². The Bertz CT molecular complexity index is 1740. The van der Waals surface area contributed by atoms with Gasteiger partial charge in [0.2, 0.25) is 0 Å². The molecule has 34 heavy (non-hydrogen) atoms. The van der Waals surface area contributed by atoms with E-state index in [1.165, 1.54) is 0 Å². The third-order valence-electron chi connectivity index (χ3n) is 6.79. The molecular formula is C29H21N3O2. The molecule has 0 saturated heterocycles. The molecule has 0 unspecified atom stereocenters. The summed E-state index contributed by atoms with van der Waals surface area (Å²) in [6, 6.07) is 24.0. The Kier molecular flexibility index (Phi) is 3.97. The smallest absolute Gasteiger partial charge is 0.141 e. The van der Waals surface area contributed by atoms with Gasteiger partial charge in [-0.2, -0.15) is 0 Å². The number of phenolic OH excluding ortho intramolecular Hbond substituents is 1. The molecule has 3 aromatic carbocycles. The number of aromatic nitrogens is 3. The number of benzene rings is 3. The lowest BCUT2D eigenvalue weighted by atomic mass is 9.88. The van der Waals surface area contributed by atoms with Crippen molar-refractivity contribution in [2.75, 3.05) is 0 Å². The van der Waals surface area contributed by atoms with E-state index >= 15 is 0 Å². The minimum atomic E-state index is 0.281. The molecule has 0 bridgehead atoms. The molecule has 3 heterocycles. The second kappa shape index (κ2) is 7.06. The Morgan fingerprint density at radius 1 is 0.794 bits per heavy atom. The highest BCUT2D eigenvalue weighted by molar-refractivity contribution is 6.11. The predicted octanol–water partition coefficient (Wildman–Crippen LogP) is 6.52. The van der Waals surface area contributed by atoms with Crippen molar-refractivity contribution in [2.24, 2.45) is 7.05 Å². The SMILES string of the molecule is Cn1cc(-c2ccc3c(n2)-c2c(O)cccc2CC3)nc1-c1cccc2oc3ccccc3c12. The molecule has 0 fully saturated rings. The predicted molar refractivity (Wildman–Crippen MR) is 134 cm³/mol. The Balaban J connectivity index is 1.39. The fraction of sp³-hybridized carbons (Fsp3) is 0.103. The first-order chi connectivity index (χ1) is 16.7. The van der Waals surface area contributed by atoms with E-state index in [2.05, 4.69) is 24.3 Å². The molecular weight excluding hydrogens is 422 g/mol. The van der Waals surface area contributed by atoms with Gasteiger partial charge in [0.1, 0.15) is 28.4 Å². The van der Waals surface area contributed by atoms with Crippen LogP contribution in [0.25, 0.3) is 56.0 Å². The average Bonchev–Trinajstić information content (AvgIpc) is 3.44. The number of aryl methyl sites for hydroxylation is 3. The highest BCUT2D eigenvalue weighted by Crippen LogP contribution is 2.40. The quantitative estimate of drug-likeness (QED) is 0.331. The molecule has 7 rings (SSSR count). The summed E-state index contributed by atoms with van der Waals surface area (Å²) in [6.45, 7) is 0. The van der Waals surface area contributed by atoms with Gasteiger partial charge in [0.25, 0.3) is 0 Å². The van der Waals surface area contributed by atoms with Crippen molar-refractivity contribution < 1.29 is 9.52 Å². The first-order valence-electron chi connectivity index (χ1n) is 11.4. The monoisotopic (exact) mass is 443 g/mol. The van der Waals surface area contributed by atoms with Crippen LogP contribution < -0.4 is 0 Å². The van der Waals surface area contributed by atoms with E-state index in [0.717, 1.165) is 79.9 Å². The maximum Gasteiger partial charge on any atom is 0.141 e. The van der Waals surface area contributed by atoms with E-state index in [4.69, 9.17) is 14.4 Å².